The summed E-state index contributed by atoms with van der Waals surface area (Å²) in [5.74, 6) is 2.09. The van der Waals surface area contributed by atoms with Crippen molar-refractivity contribution < 1.29 is 4.42 Å². The van der Waals surface area contributed by atoms with E-state index in [0.717, 1.165) is 31.2 Å². The number of nitrogens with one attached hydrogen (secondary N) is 1. The second-order valence-electron chi connectivity index (χ2n) is 4.99. The normalized spacial score (nSPS) is 21.0. The second-order valence-corrected chi connectivity index (χ2v) is 4.99. The van der Waals surface area contributed by atoms with E-state index in [1.54, 1.807) is 0 Å². The minimum absolute atomic E-state index is 0.666. The van der Waals surface area contributed by atoms with Crippen molar-refractivity contribution in [2.75, 3.05) is 19.6 Å². The van der Waals surface area contributed by atoms with Crippen molar-refractivity contribution in [3.8, 4) is 0 Å². The number of aryl methyl sites for hydroxylation is 1. The minimum atomic E-state index is 0.666. The van der Waals surface area contributed by atoms with Crippen LogP contribution in [-0.2, 0) is 6.54 Å². The molecule has 1 aromatic heterocycles. The van der Waals surface area contributed by atoms with Gasteiger partial charge in [0.2, 0.25) is 0 Å². The fraction of sp³-hybridized carbons (Fsp3) is 0.714. The molecule has 3 heteroatoms. The van der Waals surface area contributed by atoms with Crippen LogP contribution in [-0.4, -0.2) is 30.6 Å². The first kappa shape index (κ1) is 12.7. The van der Waals surface area contributed by atoms with Gasteiger partial charge in [0, 0.05) is 12.6 Å². The van der Waals surface area contributed by atoms with Crippen molar-refractivity contribution in [2.45, 2.75) is 45.7 Å². The molecule has 1 fully saturated rings. The average Bonchev–Trinajstić information content (AvgIpc) is 2.75. The average molecular weight is 236 g/mol. The van der Waals surface area contributed by atoms with Gasteiger partial charge in [0.25, 0.3) is 0 Å². The molecule has 2 rings (SSSR count). The number of hydrogen-bond donors (Lipinski definition) is 1. The highest BCUT2D eigenvalue weighted by Crippen LogP contribution is 2.12. The fourth-order valence-corrected chi connectivity index (χ4v) is 2.49. The Hall–Kier alpha value is -0.800. The maximum atomic E-state index is 5.64. The van der Waals surface area contributed by atoms with Crippen molar-refractivity contribution >= 4 is 0 Å². The molecule has 3 nitrogen and oxygen atoms in total. The summed E-state index contributed by atoms with van der Waals surface area (Å²) in [6.07, 6.45) is 4.02. The highest BCUT2D eigenvalue weighted by Gasteiger charge is 2.16. The standard InChI is InChI=1S/C14H24N2O/c1-3-16(10-13-6-4-5-9-15-13)11-14-8-7-12(2)17-14/h7-8,13,15H,3-6,9-11H2,1-2H3. The Kier molecular flexibility index (Phi) is 4.63. The van der Waals surface area contributed by atoms with Crippen molar-refractivity contribution in [3.63, 3.8) is 0 Å². The van der Waals surface area contributed by atoms with Gasteiger partial charge in [0.15, 0.2) is 0 Å². The summed E-state index contributed by atoms with van der Waals surface area (Å²) in [7, 11) is 0. The predicted octanol–water partition coefficient (Wildman–Crippen LogP) is 2.55. The Morgan fingerprint density at radius 3 is 2.88 bits per heavy atom. The molecule has 17 heavy (non-hydrogen) atoms. The molecule has 1 atom stereocenters. The lowest BCUT2D eigenvalue weighted by molar-refractivity contribution is 0.211. The van der Waals surface area contributed by atoms with Gasteiger partial charge in [-0.25, -0.2) is 0 Å². The van der Waals surface area contributed by atoms with Crippen LogP contribution in [0.5, 0.6) is 0 Å². The summed E-state index contributed by atoms with van der Waals surface area (Å²) in [6, 6.07) is 4.80. The molecule has 0 saturated carbocycles. The third-order valence-electron chi connectivity index (χ3n) is 3.51. The first-order valence-electron chi connectivity index (χ1n) is 6.79. The molecule has 1 unspecified atom stereocenters. The summed E-state index contributed by atoms with van der Waals surface area (Å²) in [5, 5.41) is 3.60. The molecule has 0 bridgehead atoms. The van der Waals surface area contributed by atoms with Crippen LogP contribution in [0, 0.1) is 6.92 Å². The van der Waals surface area contributed by atoms with Crippen LogP contribution in [0.4, 0.5) is 0 Å². The number of nitrogens with zero attached hydrogens (tertiary/aromatic N) is 1. The molecular formula is C14H24N2O. The summed E-state index contributed by atoms with van der Waals surface area (Å²) in [6.45, 7) is 8.56. The molecule has 0 aromatic carbocycles. The summed E-state index contributed by atoms with van der Waals surface area (Å²) < 4.78 is 5.64. The Morgan fingerprint density at radius 2 is 2.29 bits per heavy atom. The van der Waals surface area contributed by atoms with E-state index in [1.165, 1.54) is 25.8 Å². The maximum absolute atomic E-state index is 5.64. The molecule has 1 N–H and O–H groups in total. The zero-order valence-electron chi connectivity index (χ0n) is 11.0. The van der Waals surface area contributed by atoms with E-state index in [1.807, 2.05) is 13.0 Å². The van der Waals surface area contributed by atoms with E-state index >= 15 is 0 Å². The highest BCUT2D eigenvalue weighted by atomic mass is 16.3. The van der Waals surface area contributed by atoms with E-state index in [2.05, 4.69) is 23.2 Å². The number of rotatable bonds is 5. The summed E-state index contributed by atoms with van der Waals surface area (Å²) in [5.41, 5.74) is 0. The van der Waals surface area contributed by atoms with Crippen molar-refractivity contribution in [2.24, 2.45) is 0 Å². The molecule has 96 valence electrons. The Balaban J connectivity index is 1.83. The fourth-order valence-electron chi connectivity index (χ4n) is 2.49. The lowest BCUT2D eigenvalue weighted by Crippen LogP contribution is -2.43. The molecule has 0 aliphatic carbocycles. The van der Waals surface area contributed by atoms with E-state index in [-0.39, 0.29) is 0 Å². The number of furan rings is 1. The molecular weight excluding hydrogens is 212 g/mol. The zero-order valence-corrected chi connectivity index (χ0v) is 11.0. The van der Waals surface area contributed by atoms with Crippen LogP contribution in [0.15, 0.2) is 16.5 Å². The van der Waals surface area contributed by atoms with Gasteiger partial charge in [-0.3, -0.25) is 4.90 Å². The summed E-state index contributed by atoms with van der Waals surface area (Å²) in [4.78, 5) is 2.46. The maximum Gasteiger partial charge on any atom is 0.118 e. The smallest absolute Gasteiger partial charge is 0.118 e. The molecule has 1 aliphatic rings. The Bertz CT molecular complexity index is 329. The van der Waals surface area contributed by atoms with Gasteiger partial charge >= 0.3 is 0 Å². The Morgan fingerprint density at radius 1 is 1.41 bits per heavy atom. The van der Waals surface area contributed by atoms with Crippen LogP contribution in [0.25, 0.3) is 0 Å². The lowest BCUT2D eigenvalue weighted by atomic mass is 10.0. The molecule has 1 aromatic rings. The molecule has 1 aliphatic heterocycles. The predicted molar refractivity (Wildman–Crippen MR) is 70.0 cm³/mol. The molecule has 2 heterocycles. The van der Waals surface area contributed by atoms with E-state index in [0.29, 0.717) is 6.04 Å². The van der Waals surface area contributed by atoms with Gasteiger partial charge in [0.1, 0.15) is 11.5 Å². The molecule has 1 saturated heterocycles. The van der Waals surface area contributed by atoms with Crippen LogP contribution in [0.2, 0.25) is 0 Å². The molecule has 0 amide bonds. The summed E-state index contributed by atoms with van der Waals surface area (Å²) >= 11 is 0. The first-order chi connectivity index (χ1) is 8.28. The number of hydrogen-bond acceptors (Lipinski definition) is 3. The van der Waals surface area contributed by atoms with Crippen LogP contribution in [0.1, 0.15) is 37.7 Å². The lowest BCUT2D eigenvalue weighted by Gasteiger charge is -2.29. The van der Waals surface area contributed by atoms with Gasteiger partial charge in [-0.15, -0.1) is 0 Å². The van der Waals surface area contributed by atoms with E-state index in [4.69, 9.17) is 4.42 Å². The third kappa shape index (κ3) is 3.86. The molecule has 0 radical (unpaired) electrons. The van der Waals surface area contributed by atoms with Gasteiger partial charge in [-0.05, 0) is 45.0 Å². The van der Waals surface area contributed by atoms with Crippen LogP contribution < -0.4 is 5.32 Å². The van der Waals surface area contributed by atoms with E-state index < -0.39 is 0 Å². The highest BCUT2D eigenvalue weighted by molar-refractivity contribution is 5.05. The van der Waals surface area contributed by atoms with Crippen molar-refractivity contribution in [1.82, 2.24) is 10.2 Å². The zero-order chi connectivity index (χ0) is 12.1. The van der Waals surface area contributed by atoms with Gasteiger partial charge < -0.3 is 9.73 Å². The largest absolute Gasteiger partial charge is 0.465 e. The van der Waals surface area contributed by atoms with Crippen LogP contribution >= 0.6 is 0 Å². The monoisotopic (exact) mass is 236 g/mol. The first-order valence-corrected chi connectivity index (χ1v) is 6.79. The van der Waals surface area contributed by atoms with Gasteiger partial charge in [-0.2, -0.15) is 0 Å². The molecule has 0 spiro atoms. The van der Waals surface area contributed by atoms with Crippen molar-refractivity contribution in [3.05, 3.63) is 23.7 Å². The Labute approximate surface area is 104 Å². The number of likely N-dealkylation sites (N-methyl/N-ethyl adjacent to an activating group) is 1. The minimum Gasteiger partial charge on any atom is -0.465 e. The van der Waals surface area contributed by atoms with Gasteiger partial charge in [0.05, 0.1) is 6.54 Å². The second kappa shape index (κ2) is 6.22. The SMILES string of the molecule is CCN(Cc1ccc(C)o1)CC1CCCCN1. The van der Waals surface area contributed by atoms with Crippen LogP contribution in [0.3, 0.4) is 0 Å². The topological polar surface area (TPSA) is 28.4 Å². The van der Waals surface area contributed by atoms with E-state index in [9.17, 15) is 0 Å². The number of piperidine rings is 1. The van der Waals surface area contributed by atoms with Gasteiger partial charge in [-0.1, -0.05) is 13.3 Å². The third-order valence-corrected chi connectivity index (χ3v) is 3.51. The quantitative estimate of drug-likeness (QED) is 0.851. The van der Waals surface area contributed by atoms with Crippen molar-refractivity contribution in [1.29, 1.82) is 0 Å².